The lowest BCUT2D eigenvalue weighted by Gasteiger charge is -2.31. The first-order valence-electron chi connectivity index (χ1n) is 20.5. The minimum absolute atomic E-state index is 0.244. The first-order chi connectivity index (χ1) is 28.4. The summed E-state index contributed by atoms with van der Waals surface area (Å²) >= 11 is 0. The van der Waals surface area contributed by atoms with Crippen LogP contribution in [0.4, 0.5) is 0 Å². The maximum atomic E-state index is 14.3. The zero-order chi connectivity index (χ0) is 40.3. The lowest BCUT2D eigenvalue weighted by molar-refractivity contribution is -0.00393. The van der Waals surface area contributed by atoms with Crippen LogP contribution < -0.4 is 0 Å². The highest BCUT2D eigenvalue weighted by molar-refractivity contribution is 6.23. The van der Waals surface area contributed by atoms with E-state index in [1.807, 2.05) is 91.0 Å². The Bertz CT molecular complexity index is 2440. The number of hydrogen-bond acceptors (Lipinski definition) is 6. The Labute approximate surface area is 340 Å². The van der Waals surface area contributed by atoms with E-state index >= 15 is 0 Å². The van der Waals surface area contributed by atoms with Gasteiger partial charge < -0.3 is 9.47 Å². The van der Waals surface area contributed by atoms with Gasteiger partial charge in [-0.1, -0.05) is 142 Å². The fourth-order valence-corrected chi connectivity index (χ4v) is 7.58. The van der Waals surface area contributed by atoms with Crippen LogP contribution in [0, 0.1) is 0 Å². The minimum Gasteiger partial charge on any atom is -0.460 e. The van der Waals surface area contributed by atoms with Gasteiger partial charge in [0.2, 0.25) is 0 Å². The molecule has 2 atom stereocenters. The number of amides is 2. The van der Waals surface area contributed by atoms with Gasteiger partial charge in [0.05, 0.1) is 22.3 Å². The maximum absolute atomic E-state index is 14.3. The summed E-state index contributed by atoms with van der Waals surface area (Å²) in [6, 6.07) is 35.8. The van der Waals surface area contributed by atoms with Crippen LogP contribution >= 0.6 is 0 Å². The van der Waals surface area contributed by atoms with Crippen LogP contribution in [0.15, 0.2) is 146 Å². The molecular formula is C51H49NO6. The Hall–Kier alpha value is -6.34. The Morgan fingerprint density at radius 2 is 1.03 bits per heavy atom. The quantitative estimate of drug-likeness (QED) is 0.0374. The minimum atomic E-state index is -1.18. The van der Waals surface area contributed by atoms with Crippen molar-refractivity contribution in [2.75, 3.05) is 6.61 Å². The van der Waals surface area contributed by atoms with Gasteiger partial charge in [0.15, 0.2) is 0 Å². The molecule has 7 heteroatoms. The molecule has 0 aliphatic carbocycles. The molecule has 0 spiro atoms. The molecule has 0 aromatic heterocycles. The Kier molecular flexibility index (Phi) is 13.2. The molecule has 6 aromatic rings. The Balaban J connectivity index is 1.17. The second-order valence-electron chi connectivity index (χ2n) is 14.9. The van der Waals surface area contributed by atoms with Gasteiger partial charge in [-0.25, -0.2) is 9.59 Å². The van der Waals surface area contributed by atoms with Crippen molar-refractivity contribution in [3.05, 3.63) is 168 Å². The normalized spacial score (nSPS) is 13.8. The molecular weight excluding hydrogens is 723 g/mol. The van der Waals surface area contributed by atoms with E-state index in [-0.39, 0.29) is 11.1 Å². The number of esters is 2. The van der Waals surface area contributed by atoms with Gasteiger partial charge in [-0.15, -0.1) is 0 Å². The van der Waals surface area contributed by atoms with E-state index in [1.165, 1.54) is 32.1 Å². The zero-order valence-electron chi connectivity index (χ0n) is 33.0. The van der Waals surface area contributed by atoms with Crippen LogP contribution in [0.5, 0.6) is 0 Å². The summed E-state index contributed by atoms with van der Waals surface area (Å²) in [5.41, 5.74) is 1.12. The summed E-state index contributed by atoms with van der Waals surface area (Å²) in [4.78, 5) is 57.4. The number of unbranched alkanes of at least 4 members (excludes halogenated alkanes) is 7. The number of nitrogens with zero attached hydrogens (tertiary/aromatic N) is 1. The summed E-state index contributed by atoms with van der Waals surface area (Å²) < 4.78 is 12.2. The van der Waals surface area contributed by atoms with Crippen molar-refractivity contribution in [3.63, 3.8) is 0 Å². The summed E-state index contributed by atoms with van der Waals surface area (Å²) in [5, 5.41) is 5.30. The number of fused-ring (bicyclic) bond motifs is 4. The monoisotopic (exact) mass is 771 g/mol. The van der Waals surface area contributed by atoms with E-state index in [4.69, 9.17) is 9.47 Å². The van der Waals surface area contributed by atoms with E-state index in [0.29, 0.717) is 17.5 Å². The molecule has 0 radical (unpaired) electrons. The summed E-state index contributed by atoms with van der Waals surface area (Å²) in [6.07, 6.45) is 16.8. The van der Waals surface area contributed by atoms with Crippen LogP contribution in [-0.2, 0) is 9.47 Å². The van der Waals surface area contributed by atoms with Gasteiger partial charge in [0.1, 0.15) is 18.8 Å². The van der Waals surface area contributed by atoms with E-state index < -0.39 is 42.5 Å². The van der Waals surface area contributed by atoms with Gasteiger partial charge in [-0.3, -0.25) is 14.5 Å². The van der Waals surface area contributed by atoms with Gasteiger partial charge in [0.25, 0.3) is 11.8 Å². The molecule has 7 nitrogen and oxygen atoms in total. The summed E-state index contributed by atoms with van der Waals surface area (Å²) in [6.45, 7) is 1.82. The third kappa shape index (κ3) is 9.43. The van der Waals surface area contributed by atoms with E-state index in [0.717, 1.165) is 56.5 Å². The highest BCUT2D eigenvalue weighted by atomic mass is 16.6. The van der Waals surface area contributed by atoms with Crippen molar-refractivity contribution >= 4 is 56.1 Å². The average molecular weight is 772 g/mol. The molecule has 1 aliphatic heterocycles. The van der Waals surface area contributed by atoms with Crippen LogP contribution in [-0.4, -0.2) is 47.4 Å². The zero-order valence-corrected chi connectivity index (χ0v) is 33.0. The van der Waals surface area contributed by atoms with Crippen molar-refractivity contribution in [2.24, 2.45) is 0 Å². The molecule has 0 fully saturated rings. The van der Waals surface area contributed by atoms with Crippen LogP contribution in [0.25, 0.3) is 32.3 Å². The van der Waals surface area contributed by atoms with Crippen LogP contribution in [0.1, 0.15) is 106 Å². The number of carbonyl (C=O) groups excluding carboxylic acids is 4. The van der Waals surface area contributed by atoms with Crippen LogP contribution in [0.2, 0.25) is 0 Å². The highest BCUT2D eigenvalue weighted by Crippen LogP contribution is 2.32. The molecule has 294 valence electrons. The number of rotatable bonds is 18. The predicted molar refractivity (Wildman–Crippen MR) is 231 cm³/mol. The van der Waals surface area contributed by atoms with Crippen molar-refractivity contribution in [3.8, 4) is 0 Å². The largest absolute Gasteiger partial charge is 0.460 e. The number of imide groups is 1. The van der Waals surface area contributed by atoms with E-state index in [2.05, 4.69) is 19.1 Å². The second kappa shape index (κ2) is 19.2. The standard InChI is InChI=1S/C51H49NO6/c1-2-3-4-5-6-7-8-9-10-11-12-13-26-47(58-51(56)43-30-28-37-21-15-17-23-39(37)32-43)46(35-57-50(55)42-29-27-36-20-14-16-22-38(36)31-42)52-48(53)44-33-40-24-18-19-25-41(40)34-45(44)49(52)54/h9-10,13-34,46-47H,2-8,11-12,35H2,1H3/b10-9+,26-13+/t46-,47+/m0/s1. The van der Waals surface area contributed by atoms with Gasteiger partial charge in [-0.05, 0) is 100 Å². The van der Waals surface area contributed by atoms with Gasteiger partial charge in [0, 0.05) is 0 Å². The van der Waals surface area contributed by atoms with Gasteiger partial charge >= 0.3 is 11.9 Å². The first-order valence-corrected chi connectivity index (χ1v) is 20.5. The van der Waals surface area contributed by atoms with Crippen molar-refractivity contribution in [2.45, 2.75) is 76.9 Å². The third-order valence-electron chi connectivity index (χ3n) is 10.8. The van der Waals surface area contributed by atoms with Crippen molar-refractivity contribution in [1.29, 1.82) is 0 Å². The van der Waals surface area contributed by atoms with E-state index in [9.17, 15) is 19.2 Å². The molecule has 6 aromatic carbocycles. The number of carbonyl (C=O) groups is 4. The lowest BCUT2D eigenvalue weighted by Crippen LogP contribution is -2.50. The molecule has 2 amide bonds. The number of benzene rings is 6. The van der Waals surface area contributed by atoms with Crippen LogP contribution in [0.3, 0.4) is 0 Å². The Morgan fingerprint density at radius 3 is 1.62 bits per heavy atom. The average Bonchev–Trinajstić information content (AvgIpc) is 3.49. The number of allylic oxidation sites excluding steroid dienone is 3. The fourth-order valence-electron chi connectivity index (χ4n) is 7.58. The topological polar surface area (TPSA) is 90.0 Å². The Morgan fingerprint density at radius 1 is 0.552 bits per heavy atom. The number of hydrogen-bond donors (Lipinski definition) is 0. The highest BCUT2D eigenvalue weighted by Gasteiger charge is 2.44. The molecule has 0 saturated heterocycles. The van der Waals surface area contributed by atoms with Crippen molar-refractivity contribution in [1.82, 2.24) is 4.90 Å². The lowest BCUT2D eigenvalue weighted by atomic mass is 10.0. The smallest absolute Gasteiger partial charge is 0.338 e. The SMILES string of the molecule is CCCCCCCC/C=C/CC/C=C/[C@@H](OC(=O)c1ccc2ccccc2c1)[C@H](COC(=O)c1ccc2ccccc2c1)N1C(=O)c2cc3ccccc3cc2C1=O. The molecule has 0 N–H and O–H groups in total. The molecule has 0 unspecified atom stereocenters. The fraction of sp³-hybridized carbons (Fsp3) is 0.255. The first kappa shape index (κ1) is 39.9. The molecule has 1 heterocycles. The molecule has 0 bridgehead atoms. The maximum Gasteiger partial charge on any atom is 0.338 e. The summed E-state index contributed by atoms with van der Waals surface area (Å²) in [7, 11) is 0. The summed E-state index contributed by atoms with van der Waals surface area (Å²) in [5.74, 6) is -2.35. The second-order valence-corrected chi connectivity index (χ2v) is 14.9. The molecule has 0 saturated carbocycles. The third-order valence-corrected chi connectivity index (χ3v) is 10.8. The molecule has 1 aliphatic rings. The predicted octanol–water partition coefficient (Wildman–Crippen LogP) is 11.8. The molecule has 58 heavy (non-hydrogen) atoms. The van der Waals surface area contributed by atoms with E-state index in [1.54, 1.807) is 42.5 Å². The van der Waals surface area contributed by atoms with Crippen molar-refractivity contribution < 1.29 is 28.7 Å². The number of ether oxygens (including phenoxy) is 2. The molecule has 7 rings (SSSR count). The van der Waals surface area contributed by atoms with Gasteiger partial charge in [-0.2, -0.15) is 0 Å².